The van der Waals surface area contributed by atoms with Gasteiger partial charge in [-0.3, -0.25) is 4.90 Å². The number of nitrogens with zero attached hydrogens (tertiary/aromatic N) is 1. The molecule has 0 aliphatic carbocycles. The van der Waals surface area contributed by atoms with Gasteiger partial charge in [-0.25, -0.2) is 0 Å². The number of benzene rings is 1. The lowest BCUT2D eigenvalue weighted by Gasteiger charge is -2.43. The van der Waals surface area contributed by atoms with Gasteiger partial charge in [0.2, 0.25) is 0 Å². The van der Waals surface area contributed by atoms with Crippen LogP contribution in [0.4, 0.5) is 0 Å². The fourth-order valence-electron chi connectivity index (χ4n) is 3.90. The highest BCUT2D eigenvalue weighted by atomic mass is 16.3. The molecule has 1 aromatic carbocycles. The first-order chi connectivity index (χ1) is 11.4. The minimum Gasteiger partial charge on any atom is -0.396 e. The van der Waals surface area contributed by atoms with Gasteiger partial charge in [0.15, 0.2) is 0 Å². The first-order valence-corrected chi connectivity index (χ1v) is 9.51. The standard InChI is InChI=1S/C21H36N2O/c1-5-19(11-14-24)22-16-21(20(2,3)4)12-13-23(17-21)15-18-9-7-6-8-10-18/h6-10,19,22,24H,5,11-17H2,1-4H3/t19-,21?/m0/s1. The van der Waals surface area contributed by atoms with E-state index in [1.54, 1.807) is 0 Å². The number of nitrogens with one attached hydrogen (secondary N) is 1. The fraction of sp³-hybridized carbons (Fsp3) is 0.714. The summed E-state index contributed by atoms with van der Waals surface area (Å²) in [6.07, 6.45) is 3.17. The Morgan fingerprint density at radius 1 is 1.25 bits per heavy atom. The van der Waals surface area contributed by atoms with Gasteiger partial charge in [0.1, 0.15) is 0 Å². The molecule has 2 rings (SSSR count). The maximum atomic E-state index is 9.24. The molecular formula is C21H36N2O. The van der Waals surface area contributed by atoms with Crippen molar-refractivity contribution >= 4 is 0 Å². The first kappa shape index (κ1) is 19.4. The van der Waals surface area contributed by atoms with Gasteiger partial charge in [-0.1, -0.05) is 58.0 Å². The molecule has 1 unspecified atom stereocenters. The van der Waals surface area contributed by atoms with Crippen molar-refractivity contribution in [2.45, 2.75) is 59.5 Å². The van der Waals surface area contributed by atoms with E-state index in [2.05, 4.69) is 68.2 Å². The largest absolute Gasteiger partial charge is 0.396 e. The van der Waals surface area contributed by atoms with Crippen molar-refractivity contribution < 1.29 is 5.11 Å². The highest BCUT2D eigenvalue weighted by Gasteiger charge is 2.46. The third-order valence-corrected chi connectivity index (χ3v) is 5.97. The van der Waals surface area contributed by atoms with Gasteiger partial charge in [0.05, 0.1) is 0 Å². The summed E-state index contributed by atoms with van der Waals surface area (Å²) in [4.78, 5) is 2.61. The SMILES string of the molecule is CC[C@@H](CCO)NCC1(C(C)(C)C)CCN(Cc2ccccc2)C1. The molecule has 1 aliphatic heterocycles. The van der Waals surface area contributed by atoms with E-state index in [-0.39, 0.29) is 12.0 Å². The van der Waals surface area contributed by atoms with Crippen LogP contribution in [0, 0.1) is 10.8 Å². The van der Waals surface area contributed by atoms with E-state index >= 15 is 0 Å². The molecule has 3 heteroatoms. The molecule has 1 fully saturated rings. The molecule has 0 radical (unpaired) electrons. The zero-order chi connectivity index (χ0) is 17.6. The number of aliphatic hydroxyl groups excluding tert-OH is 1. The summed E-state index contributed by atoms with van der Waals surface area (Å²) in [7, 11) is 0. The van der Waals surface area contributed by atoms with E-state index in [9.17, 15) is 5.11 Å². The summed E-state index contributed by atoms with van der Waals surface area (Å²) >= 11 is 0. The molecule has 2 N–H and O–H groups in total. The van der Waals surface area contributed by atoms with E-state index in [1.807, 2.05) is 0 Å². The Morgan fingerprint density at radius 3 is 2.54 bits per heavy atom. The number of aliphatic hydroxyl groups is 1. The summed E-state index contributed by atoms with van der Waals surface area (Å²) < 4.78 is 0. The molecule has 24 heavy (non-hydrogen) atoms. The average Bonchev–Trinajstić information content (AvgIpc) is 2.96. The van der Waals surface area contributed by atoms with Crippen LogP contribution in [0.5, 0.6) is 0 Å². The summed E-state index contributed by atoms with van der Waals surface area (Å²) in [6, 6.07) is 11.2. The molecule has 0 saturated carbocycles. The van der Waals surface area contributed by atoms with Crippen molar-refractivity contribution in [2.24, 2.45) is 10.8 Å². The minimum atomic E-state index is 0.267. The highest BCUT2D eigenvalue weighted by Crippen LogP contribution is 2.46. The molecule has 1 saturated heterocycles. The fourth-order valence-corrected chi connectivity index (χ4v) is 3.90. The van der Waals surface area contributed by atoms with Gasteiger partial charge in [-0.05, 0) is 36.8 Å². The Labute approximate surface area is 148 Å². The second-order valence-corrected chi connectivity index (χ2v) is 8.47. The van der Waals surface area contributed by atoms with Crippen LogP contribution in [0.15, 0.2) is 30.3 Å². The van der Waals surface area contributed by atoms with Crippen molar-refractivity contribution in [1.82, 2.24) is 10.2 Å². The number of likely N-dealkylation sites (tertiary alicyclic amines) is 1. The van der Waals surface area contributed by atoms with E-state index in [1.165, 1.54) is 18.5 Å². The molecule has 0 spiro atoms. The normalized spacial score (nSPS) is 23.5. The summed E-state index contributed by atoms with van der Waals surface area (Å²) in [5, 5.41) is 13.0. The van der Waals surface area contributed by atoms with E-state index < -0.39 is 0 Å². The van der Waals surface area contributed by atoms with Crippen molar-refractivity contribution in [3.05, 3.63) is 35.9 Å². The predicted octanol–water partition coefficient (Wildman–Crippen LogP) is 3.68. The molecule has 1 aromatic rings. The van der Waals surface area contributed by atoms with Crippen LogP contribution in [0.2, 0.25) is 0 Å². The Hall–Kier alpha value is -0.900. The zero-order valence-electron chi connectivity index (χ0n) is 16.0. The molecule has 3 nitrogen and oxygen atoms in total. The van der Waals surface area contributed by atoms with Gasteiger partial charge >= 0.3 is 0 Å². The summed E-state index contributed by atoms with van der Waals surface area (Å²) in [5.74, 6) is 0. The van der Waals surface area contributed by atoms with Crippen LogP contribution >= 0.6 is 0 Å². The number of rotatable bonds is 8. The van der Waals surface area contributed by atoms with Crippen LogP contribution < -0.4 is 5.32 Å². The Kier molecular flexibility index (Phi) is 6.85. The minimum absolute atomic E-state index is 0.267. The van der Waals surface area contributed by atoms with E-state index in [4.69, 9.17) is 0 Å². The second kappa shape index (κ2) is 8.46. The quantitative estimate of drug-likeness (QED) is 0.762. The Balaban J connectivity index is 2.01. The third-order valence-electron chi connectivity index (χ3n) is 5.97. The third kappa shape index (κ3) is 4.81. The number of hydrogen-bond donors (Lipinski definition) is 2. The summed E-state index contributed by atoms with van der Waals surface area (Å²) in [5.41, 5.74) is 1.97. The average molecular weight is 333 g/mol. The molecule has 0 amide bonds. The Morgan fingerprint density at radius 2 is 1.96 bits per heavy atom. The molecular weight excluding hydrogens is 296 g/mol. The first-order valence-electron chi connectivity index (χ1n) is 9.51. The molecule has 136 valence electrons. The van der Waals surface area contributed by atoms with Crippen molar-refractivity contribution in [3.63, 3.8) is 0 Å². The molecule has 1 heterocycles. The van der Waals surface area contributed by atoms with Crippen LogP contribution in [0.25, 0.3) is 0 Å². The lowest BCUT2D eigenvalue weighted by Crippen LogP contribution is -2.48. The van der Waals surface area contributed by atoms with Crippen molar-refractivity contribution in [2.75, 3.05) is 26.2 Å². The second-order valence-electron chi connectivity index (χ2n) is 8.47. The molecule has 0 bridgehead atoms. The van der Waals surface area contributed by atoms with E-state index in [0.29, 0.717) is 11.5 Å². The maximum absolute atomic E-state index is 9.24. The zero-order valence-corrected chi connectivity index (χ0v) is 16.0. The molecule has 2 atom stereocenters. The van der Waals surface area contributed by atoms with Gasteiger partial charge in [-0.2, -0.15) is 0 Å². The van der Waals surface area contributed by atoms with Crippen LogP contribution in [-0.4, -0.2) is 42.3 Å². The Bertz CT molecular complexity index is 482. The van der Waals surface area contributed by atoms with Crippen molar-refractivity contribution in [1.29, 1.82) is 0 Å². The van der Waals surface area contributed by atoms with Gasteiger partial charge < -0.3 is 10.4 Å². The van der Waals surface area contributed by atoms with Crippen LogP contribution in [-0.2, 0) is 6.54 Å². The van der Waals surface area contributed by atoms with Gasteiger partial charge in [0, 0.05) is 37.7 Å². The van der Waals surface area contributed by atoms with Crippen molar-refractivity contribution in [3.8, 4) is 0 Å². The van der Waals surface area contributed by atoms with Crippen LogP contribution in [0.3, 0.4) is 0 Å². The van der Waals surface area contributed by atoms with Crippen LogP contribution in [0.1, 0.15) is 52.5 Å². The molecule has 1 aliphatic rings. The smallest absolute Gasteiger partial charge is 0.0445 e. The van der Waals surface area contributed by atoms with Gasteiger partial charge in [-0.15, -0.1) is 0 Å². The maximum Gasteiger partial charge on any atom is 0.0445 e. The van der Waals surface area contributed by atoms with Gasteiger partial charge in [0.25, 0.3) is 0 Å². The van der Waals surface area contributed by atoms with E-state index in [0.717, 1.165) is 32.5 Å². The lowest BCUT2D eigenvalue weighted by atomic mass is 9.65. The monoisotopic (exact) mass is 332 g/mol. The molecule has 0 aromatic heterocycles. The lowest BCUT2D eigenvalue weighted by molar-refractivity contribution is 0.0844. The summed E-state index contributed by atoms with van der Waals surface area (Å²) in [6.45, 7) is 14.0. The topological polar surface area (TPSA) is 35.5 Å². The number of hydrogen-bond acceptors (Lipinski definition) is 3. The highest BCUT2D eigenvalue weighted by molar-refractivity contribution is 5.15. The predicted molar refractivity (Wildman–Crippen MR) is 102 cm³/mol.